The van der Waals surface area contributed by atoms with Gasteiger partial charge in [0.05, 0.1) is 27.8 Å². The van der Waals surface area contributed by atoms with Crippen LogP contribution in [0, 0.1) is 0 Å². The molecule has 96 valence electrons. The summed E-state index contributed by atoms with van der Waals surface area (Å²) in [7, 11) is 0. The molecule has 0 aliphatic heterocycles. The number of pyridine rings is 1. The summed E-state index contributed by atoms with van der Waals surface area (Å²) in [5, 5.41) is 9.21. The molecular weight excluding hydrogens is 291 g/mol. The Morgan fingerprint density at radius 3 is 2.56 bits per heavy atom. The number of halogens is 2. The molecule has 0 unspecified atom stereocenters. The van der Waals surface area contributed by atoms with Gasteiger partial charge in [-0.1, -0.05) is 23.2 Å². The van der Waals surface area contributed by atoms with Gasteiger partial charge >= 0.3 is 0 Å². The molecule has 18 heavy (non-hydrogen) atoms. The van der Waals surface area contributed by atoms with Gasteiger partial charge in [-0.3, -0.25) is 0 Å². The van der Waals surface area contributed by atoms with E-state index < -0.39 is 0 Å². The summed E-state index contributed by atoms with van der Waals surface area (Å²) in [5.41, 5.74) is 2.75. The molecule has 0 fully saturated rings. The number of nitrogens with zero attached hydrogens (tertiary/aromatic N) is 2. The van der Waals surface area contributed by atoms with Crippen LogP contribution in [-0.2, 0) is 6.54 Å². The van der Waals surface area contributed by atoms with Crippen molar-refractivity contribution in [1.29, 1.82) is 0 Å². The van der Waals surface area contributed by atoms with E-state index in [1.54, 1.807) is 22.9 Å². The third kappa shape index (κ3) is 3.25. The molecule has 0 atom stereocenters. The lowest BCUT2D eigenvalue weighted by Crippen LogP contribution is -2.06. The van der Waals surface area contributed by atoms with Gasteiger partial charge in [-0.2, -0.15) is 0 Å². The molecule has 0 radical (unpaired) electrons. The number of hydrogen-bond donors (Lipinski definition) is 2. The number of thiazole rings is 1. The summed E-state index contributed by atoms with van der Waals surface area (Å²) in [5.74, 6) is 1.23. The Hall–Kier alpha value is -1.04. The van der Waals surface area contributed by atoms with Crippen LogP contribution in [0.3, 0.4) is 0 Å². The first kappa shape index (κ1) is 13.4. The van der Waals surface area contributed by atoms with Gasteiger partial charge in [0.15, 0.2) is 0 Å². The van der Waals surface area contributed by atoms with Gasteiger partial charge in [-0.15, -0.1) is 11.3 Å². The molecule has 2 N–H and O–H groups in total. The van der Waals surface area contributed by atoms with Crippen LogP contribution < -0.4 is 10.6 Å². The standard InChI is InChI=1S/C11H12Cl2N4S/c1-2-14-10-8(12)3-9(13)11(17-10)15-4-7-5-18-6-16-7/h3,5-6H,2,4H2,1H3,(H2,14,15,17). The molecule has 0 saturated heterocycles. The van der Waals surface area contributed by atoms with E-state index >= 15 is 0 Å². The number of anilines is 2. The maximum atomic E-state index is 6.09. The predicted octanol–water partition coefficient (Wildman–Crippen LogP) is 3.89. The lowest BCUT2D eigenvalue weighted by Gasteiger charge is -2.10. The SMILES string of the molecule is CCNc1nc(NCc2cscn2)c(Cl)cc1Cl. The third-order valence-electron chi connectivity index (χ3n) is 2.19. The summed E-state index contributed by atoms with van der Waals surface area (Å²) < 4.78 is 0. The van der Waals surface area contributed by atoms with Crippen LogP contribution in [0.15, 0.2) is 17.0 Å². The molecule has 7 heteroatoms. The summed E-state index contributed by atoms with van der Waals surface area (Å²) in [4.78, 5) is 8.53. The van der Waals surface area contributed by atoms with E-state index in [4.69, 9.17) is 23.2 Å². The smallest absolute Gasteiger partial charge is 0.147 e. The first-order valence-corrected chi connectivity index (χ1v) is 7.11. The Bertz CT molecular complexity index is 516. The maximum Gasteiger partial charge on any atom is 0.147 e. The topological polar surface area (TPSA) is 49.8 Å². The van der Waals surface area contributed by atoms with Crippen molar-refractivity contribution in [2.24, 2.45) is 0 Å². The Morgan fingerprint density at radius 2 is 1.94 bits per heavy atom. The van der Waals surface area contributed by atoms with Gasteiger partial charge in [0, 0.05) is 11.9 Å². The third-order valence-corrected chi connectivity index (χ3v) is 3.41. The minimum absolute atomic E-state index is 0.497. The first-order chi connectivity index (χ1) is 8.70. The molecule has 0 saturated carbocycles. The van der Waals surface area contributed by atoms with Crippen molar-refractivity contribution >= 4 is 46.2 Å². The average molecular weight is 303 g/mol. The van der Waals surface area contributed by atoms with Crippen LogP contribution in [0.4, 0.5) is 11.6 Å². The fraction of sp³-hybridized carbons (Fsp3) is 0.273. The van der Waals surface area contributed by atoms with Crippen LogP contribution in [-0.4, -0.2) is 16.5 Å². The zero-order valence-electron chi connectivity index (χ0n) is 9.70. The zero-order chi connectivity index (χ0) is 13.0. The highest BCUT2D eigenvalue weighted by molar-refractivity contribution is 7.07. The Morgan fingerprint density at radius 1 is 1.22 bits per heavy atom. The average Bonchev–Trinajstić information content (AvgIpc) is 2.84. The predicted molar refractivity (Wildman–Crippen MR) is 77.9 cm³/mol. The van der Waals surface area contributed by atoms with E-state index in [0.29, 0.717) is 28.2 Å². The minimum Gasteiger partial charge on any atom is -0.369 e. The molecule has 0 spiro atoms. The molecule has 0 amide bonds. The zero-order valence-corrected chi connectivity index (χ0v) is 12.0. The van der Waals surface area contributed by atoms with Crippen LogP contribution in [0.5, 0.6) is 0 Å². The second-order valence-electron chi connectivity index (χ2n) is 3.51. The van der Waals surface area contributed by atoms with E-state index in [0.717, 1.165) is 12.2 Å². The van der Waals surface area contributed by atoms with E-state index in [1.807, 2.05) is 12.3 Å². The number of rotatable bonds is 5. The maximum absolute atomic E-state index is 6.09. The molecule has 0 bridgehead atoms. The summed E-state index contributed by atoms with van der Waals surface area (Å²) in [6.45, 7) is 3.32. The number of hydrogen-bond acceptors (Lipinski definition) is 5. The van der Waals surface area contributed by atoms with E-state index in [9.17, 15) is 0 Å². The highest BCUT2D eigenvalue weighted by atomic mass is 35.5. The molecule has 0 aliphatic carbocycles. The summed E-state index contributed by atoms with van der Waals surface area (Å²) >= 11 is 13.7. The lowest BCUT2D eigenvalue weighted by molar-refractivity contribution is 1.05. The minimum atomic E-state index is 0.497. The Labute approximate surface area is 119 Å². The van der Waals surface area contributed by atoms with E-state index in [2.05, 4.69) is 20.6 Å². The fourth-order valence-electron chi connectivity index (χ4n) is 1.38. The highest BCUT2D eigenvalue weighted by Crippen LogP contribution is 2.29. The van der Waals surface area contributed by atoms with Crippen LogP contribution in [0.25, 0.3) is 0 Å². The lowest BCUT2D eigenvalue weighted by atomic mass is 10.4. The van der Waals surface area contributed by atoms with Crippen LogP contribution >= 0.6 is 34.5 Å². The Balaban J connectivity index is 2.13. The van der Waals surface area contributed by atoms with Gasteiger partial charge < -0.3 is 10.6 Å². The van der Waals surface area contributed by atoms with Gasteiger partial charge in [0.1, 0.15) is 11.6 Å². The summed E-state index contributed by atoms with van der Waals surface area (Å²) in [6.07, 6.45) is 0. The monoisotopic (exact) mass is 302 g/mol. The molecule has 0 aromatic carbocycles. The van der Waals surface area contributed by atoms with Crippen molar-refractivity contribution in [1.82, 2.24) is 9.97 Å². The largest absolute Gasteiger partial charge is 0.369 e. The molecule has 2 heterocycles. The fourth-order valence-corrected chi connectivity index (χ4v) is 2.43. The van der Waals surface area contributed by atoms with Crippen molar-refractivity contribution < 1.29 is 0 Å². The Kier molecular flexibility index (Phi) is 4.63. The quantitative estimate of drug-likeness (QED) is 0.880. The van der Waals surface area contributed by atoms with Gasteiger partial charge in [-0.05, 0) is 13.0 Å². The normalized spacial score (nSPS) is 10.4. The number of aromatic nitrogens is 2. The van der Waals surface area contributed by atoms with Crippen molar-refractivity contribution in [3.63, 3.8) is 0 Å². The van der Waals surface area contributed by atoms with Crippen molar-refractivity contribution in [3.05, 3.63) is 32.7 Å². The number of nitrogens with one attached hydrogen (secondary N) is 2. The molecule has 2 aromatic rings. The first-order valence-electron chi connectivity index (χ1n) is 5.41. The van der Waals surface area contributed by atoms with Gasteiger partial charge in [0.25, 0.3) is 0 Å². The van der Waals surface area contributed by atoms with Crippen LogP contribution in [0.1, 0.15) is 12.6 Å². The molecule has 4 nitrogen and oxygen atoms in total. The molecule has 0 aliphatic rings. The van der Waals surface area contributed by atoms with Crippen molar-refractivity contribution in [2.75, 3.05) is 17.2 Å². The molecule has 2 aromatic heterocycles. The van der Waals surface area contributed by atoms with E-state index in [-0.39, 0.29) is 0 Å². The highest BCUT2D eigenvalue weighted by Gasteiger charge is 2.08. The van der Waals surface area contributed by atoms with E-state index in [1.165, 1.54) is 0 Å². The molecule has 2 rings (SSSR count). The second kappa shape index (κ2) is 6.22. The van der Waals surface area contributed by atoms with Crippen molar-refractivity contribution in [2.45, 2.75) is 13.5 Å². The van der Waals surface area contributed by atoms with Gasteiger partial charge in [0.2, 0.25) is 0 Å². The molecular formula is C11H12Cl2N4S. The summed E-state index contributed by atoms with van der Waals surface area (Å²) in [6, 6.07) is 1.68. The van der Waals surface area contributed by atoms with Crippen LogP contribution in [0.2, 0.25) is 10.0 Å². The van der Waals surface area contributed by atoms with Gasteiger partial charge in [-0.25, -0.2) is 9.97 Å². The second-order valence-corrected chi connectivity index (χ2v) is 5.05. The van der Waals surface area contributed by atoms with Crippen molar-refractivity contribution in [3.8, 4) is 0 Å².